The molecule has 0 unspecified atom stereocenters. The first kappa shape index (κ1) is 31.6. The van der Waals surface area contributed by atoms with Gasteiger partial charge in [-0.15, -0.1) is 0 Å². The smallest absolute Gasteiger partial charge is 0.421 e. The zero-order valence-electron chi connectivity index (χ0n) is 25.0. The molecule has 1 aliphatic heterocycles. The quantitative estimate of drug-likeness (QED) is 0.244. The van der Waals surface area contributed by atoms with E-state index in [0.717, 1.165) is 4.31 Å². The van der Waals surface area contributed by atoms with Crippen molar-refractivity contribution >= 4 is 45.0 Å². The number of nitrogens with zero attached hydrogens (tertiary/aromatic N) is 6. The lowest BCUT2D eigenvalue weighted by molar-refractivity contribution is 0.0934. The molecule has 4 aromatic rings. The van der Waals surface area contributed by atoms with Gasteiger partial charge in [0.15, 0.2) is 11.5 Å². The molecule has 0 spiro atoms. The number of piperazine rings is 1. The van der Waals surface area contributed by atoms with E-state index in [1.165, 1.54) is 39.3 Å². The third kappa shape index (κ3) is 7.20. The molecule has 1 fully saturated rings. The summed E-state index contributed by atoms with van der Waals surface area (Å²) in [5.74, 6) is -0.493. The van der Waals surface area contributed by atoms with Crippen LogP contribution in [0.15, 0.2) is 72.0 Å². The van der Waals surface area contributed by atoms with Gasteiger partial charge in [-0.25, -0.2) is 29.3 Å². The van der Waals surface area contributed by atoms with Crippen LogP contribution in [0.4, 0.5) is 15.4 Å². The molecule has 0 radical (unpaired) electrons. The average Bonchev–Trinajstić information content (AvgIpc) is 3.48. The summed E-state index contributed by atoms with van der Waals surface area (Å²) in [5, 5.41) is 5.97. The summed E-state index contributed by atoms with van der Waals surface area (Å²) in [4.78, 5) is 64.7. The summed E-state index contributed by atoms with van der Waals surface area (Å²) in [7, 11) is -4.28. The molecule has 244 valence electrons. The fourth-order valence-electron chi connectivity index (χ4n) is 5.52. The number of hydrogen-bond acceptors (Lipinski definition) is 10. The molecule has 2 aliphatic rings. The van der Waals surface area contributed by atoms with Crippen molar-refractivity contribution in [1.82, 2.24) is 38.8 Å². The van der Waals surface area contributed by atoms with Crippen molar-refractivity contribution < 1.29 is 27.5 Å². The molecule has 6 rings (SSSR count). The molecule has 1 saturated heterocycles. The number of urea groups is 1. The fraction of sp³-hybridized carbons (Fsp3) is 0.300. The second-order valence-corrected chi connectivity index (χ2v) is 12.6. The van der Waals surface area contributed by atoms with Gasteiger partial charge >= 0.3 is 22.3 Å². The number of ether oxygens (including phenoxy) is 1. The minimum absolute atomic E-state index is 0.00178. The first-order valence-electron chi connectivity index (χ1n) is 14.8. The Morgan fingerprint density at radius 3 is 2.32 bits per heavy atom. The van der Waals surface area contributed by atoms with Crippen molar-refractivity contribution in [2.45, 2.75) is 25.4 Å². The first-order valence-corrected chi connectivity index (χ1v) is 16.3. The van der Waals surface area contributed by atoms with Crippen LogP contribution in [-0.2, 0) is 34.3 Å². The lowest BCUT2D eigenvalue weighted by Crippen LogP contribution is -2.55. The Morgan fingerprint density at radius 1 is 0.894 bits per heavy atom. The van der Waals surface area contributed by atoms with Crippen LogP contribution in [-0.4, -0.2) is 94.0 Å². The van der Waals surface area contributed by atoms with E-state index in [2.05, 4.69) is 25.6 Å². The van der Waals surface area contributed by atoms with E-state index < -0.39 is 28.2 Å². The van der Waals surface area contributed by atoms with Crippen LogP contribution in [0.5, 0.6) is 0 Å². The number of anilines is 1. The van der Waals surface area contributed by atoms with Gasteiger partial charge in [-0.2, -0.15) is 12.7 Å². The zero-order chi connectivity index (χ0) is 33.0. The minimum Gasteiger partial charge on any atom is -0.447 e. The highest BCUT2D eigenvalue weighted by atomic mass is 32.2. The maximum Gasteiger partial charge on any atom is 0.421 e. The van der Waals surface area contributed by atoms with Gasteiger partial charge in [0.2, 0.25) is 0 Å². The predicted molar refractivity (Wildman–Crippen MR) is 169 cm³/mol. The Kier molecular flexibility index (Phi) is 9.08. The molecule has 0 saturated carbocycles. The number of nitrogens with one attached hydrogen (secondary N) is 3. The molecule has 3 N–H and O–H groups in total. The third-order valence-electron chi connectivity index (χ3n) is 7.90. The number of amides is 4. The van der Waals surface area contributed by atoms with E-state index in [1.807, 2.05) is 29.0 Å². The highest BCUT2D eigenvalue weighted by Crippen LogP contribution is 2.22. The Labute approximate surface area is 269 Å². The second kappa shape index (κ2) is 13.5. The molecule has 17 heteroatoms. The van der Waals surface area contributed by atoms with Gasteiger partial charge in [0.1, 0.15) is 6.61 Å². The van der Waals surface area contributed by atoms with Gasteiger partial charge in [0.25, 0.3) is 11.5 Å². The molecule has 3 heterocycles. The molecule has 0 bridgehead atoms. The molecule has 2 aromatic carbocycles. The van der Waals surface area contributed by atoms with Crippen LogP contribution in [0.25, 0.3) is 10.9 Å². The largest absolute Gasteiger partial charge is 0.447 e. The number of benzene rings is 2. The van der Waals surface area contributed by atoms with Crippen LogP contribution in [0.1, 0.15) is 21.6 Å². The van der Waals surface area contributed by atoms with Gasteiger partial charge in [-0.3, -0.25) is 19.5 Å². The fourth-order valence-corrected chi connectivity index (χ4v) is 6.57. The summed E-state index contributed by atoms with van der Waals surface area (Å²) in [6.07, 6.45) is 4.21. The van der Waals surface area contributed by atoms with Crippen LogP contribution < -0.4 is 20.9 Å². The molecule has 16 nitrogen and oxygen atoms in total. The van der Waals surface area contributed by atoms with Crippen LogP contribution >= 0.6 is 0 Å². The molecule has 0 atom stereocenters. The number of fused-ring (bicyclic) bond motifs is 2. The second-order valence-electron chi connectivity index (χ2n) is 10.9. The Morgan fingerprint density at radius 2 is 1.57 bits per heavy atom. The number of para-hydroxylation sites is 1. The van der Waals surface area contributed by atoms with Gasteiger partial charge in [0, 0.05) is 44.6 Å². The lowest BCUT2D eigenvalue weighted by Gasteiger charge is -2.33. The number of hydrogen-bond donors (Lipinski definition) is 3. The SMILES string of the molecule is O=C(NS(=O)(=O)N1CCN(C(=O)Nc2nccnc2C(=O)NC2Cc3ccccc3C2)CC1)OCCn1cnc2ccccc2c1=O. The van der Waals surface area contributed by atoms with Gasteiger partial charge < -0.3 is 15.0 Å². The Hall–Kier alpha value is -5.42. The normalized spacial score (nSPS) is 15.2. The predicted octanol–water partition coefficient (Wildman–Crippen LogP) is 0.904. The summed E-state index contributed by atoms with van der Waals surface area (Å²) in [6.45, 7) is -0.508. The van der Waals surface area contributed by atoms with Crippen molar-refractivity contribution in [3.63, 3.8) is 0 Å². The topological polar surface area (TPSA) is 198 Å². The summed E-state index contributed by atoms with van der Waals surface area (Å²) < 4.78 is 34.7. The number of carbonyl (C=O) groups excluding carboxylic acids is 3. The van der Waals surface area contributed by atoms with E-state index in [0.29, 0.717) is 23.7 Å². The molecule has 4 amide bonds. The molecule has 47 heavy (non-hydrogen) atoms. The van der Waals surface area contributed by atoms with E-state index in [4.69, 9.17) is 4.74 Å². The van der Waals surface area contributed by atoms with Crippen molar-refractivity contribution in [1.29, 1.82) is 0 Å². The van der Waals surface area contributed by atoms with E-state index >= 15 is 0 Å². The zero-order valence-corrected chi connectivity index (χ0v) is 25.9. The first-order chi connectivity index (χ1) is 22.7. The summed E-state index contributed by atoms with van der Waals surface area (Å²) >= 11 is 0. The highest BCUT2D eigenvalue weighted by Gasteiger charge is 2.31. The van der Waals surface area contributed by atoms with Crippen molar-refractivity contribution in [2.24, 2.45) is 0 Å². The molecular weight excluding hydrogens is 630 g/mol. The van der Waals surface area contributed by atoms with Gasteiger partial charge in [-0.1, -0.05) is 36.4 Å². The van der Waals surface area contributed by atoms with Gasteiger partial charge in [0.05, 0.1) is 23.8 Å². The Bertz CT molecular complexity index is 1970. The Balaban J connectivity index is 0.969. The van der Waals surface area contributed by atoms with Crippen LogP contribution in [0, 0.1) is 0 Å². The van der Waals surface area contributed by atoms with Crippen molar-refractivity contribution in [3.05, 3.63) is 94.4 Å². The maximum absolute atomic E-state index is 13.1. The highest BCUT2D eigenvalue weighted by molar-refractivity contribution is 7.87. The lowest BCUT2D eigenvalue weighted by atomic mass is 10.1. The van der Waals surface area contributed by atoms with E-state index in [1.54, 1.807) is 24.3 Å². The maximum atomic E-state index is 13.1. The standard InChI is InChI=1S/C30H31N9O7S/c40-27(34-22-17-20-5-1-2-6-21(20)18-22)25-26(32-10-9-31-25)35-29(42)37-11-13-39(14-12-37)47(44,45)36-30(43)46-16-15-38-19-33-24-8-4-3-7-23(24)28(38)41/h1-10,19,22H,11-18H2,(H,34,40)(H,36,43)(H,32,35,42). The van der Waals surface area contributed by atoms with E-state index in [-0.39, 0.29) is 62.4 Å². The molecular formula is C30H31N9O7S. The minimum atomic E-state index is -4.28. The van der Waals surface area contributed by atoms with Crippen LogP contribution in [0.3, 0.4) is 0 Å². The third-order valence-corrected chi connectivity index (χ3v) is 9.37. The number of carbonyl (C=O) groups is 3. The number of rotatable bonds is 8. The summed E-state index contributed by atoms with van der Waals surface area (Å²) in [5.41, 5.74) is 2.52. The summed E-state index contributed by atoms with van der Waals surface area (Å²) in [6, 6.07) is 14.1. The number of aromatic nitrogens is 4. The van der Waals surface area contributed by atoms with E-state index in [9.17, 15) is 27.6 Å². The van der Waals surface area contributed by atoms with Crippen molar-refractivity contribution in [3.8, 4) is 0 Å². The molecule has 1 aliphatic carbocycles. The van der Waals surface area contributed by atoms with Gasteiger partial charge in [-0.05, 0) is 36.1 Å². The van der Waals surface area contributed by atoms with Crippen LogP contribution in [0.2, 0.25) is 0 Å². The molecule has 2 aromatic heterocycles. The average molecular weight is 662 g/mol. The van der Waals surface area contributed by atoms with Crippen molar-refractivity contribution in [2.75, 3.05) is 38.1 Å². The monoisotopic (exact) mass is 661 g/mol.